The van der Waals surface area contributed by atoms with Crippen LogP contribution < -0.4 is 0 Å². The molecule has 0 radical (unpaired) electrons. The molecule has 3 fully saturated rings. The quantitative estimate of drug-likeness (QED) is 0.677. The summed E-state index contributed by atoms with van der Waals surface area (Å²) in [4.78, 5) is 24.5. The third-order valence-corrected chi connectivity index (χ3v) is 9.10. The molecule has 0 saturated heterocycles. The van der Waals surface area contributed by atoms with Crippen LogP contribution in [-0.2, 0) is 9.59 Å². The summed E-state index contributed by atoms with van der Waals surface area (Å²) in [7, 11) is 0. The van der Waals surface area contributed by atoms with Crippen molar-refractivity contribution in [3.8, 4) is 0 Å². The predicted molar refractivity (Wildman–Crippen MR) is 100 cm³/mol. The zero-order valence-electron chi connectivity index (χ0n) is 16.4. The van der Waals surface area contributed by atoms with Crippen LogP contribution in [0.3, 0.4) is 0 Å². The first-order valence-electron chi connectivity index (χ1n) is 10.6. The molecule has 2 nitrogen and oxygen atoms in total. The van der Waals surface area contributed by atoms with E-state index in [1.54, 1.807) is 0 Å². The Morgan fingerprint density at radius 2 is 1.92 bits per heavy atom. The second kappa shape index (κ2) is 5.79. The molecule has 0 spiro atoms. The molecular formula is C23H34O2. The van der Waals surface area contributed by atoms with E-state index in [0.717, 1.165) is 37.5 Å². The van der Waals surface area contributed by atoms with Crippen molar-refractivity contribution in [1.29, 1.82) is 0 Å². The molecule has 0 aromatic heterocycles. The minimum atomic E-state index is 0.218. The molecule has 0 unspecified atom stereocenters. The molecule has 0 bridgehead atoms. The minimum Gasteiger partial charge on any atom is -0.300 e. The van der Waals surface area contributed by atoms with Crippen LogP contribution in [0.1, 0.15) is 79.1 Å². The van der Waals surface area contributed by atoms with Gasteiger partial charge in [0.15, 0.2) is 5.78 Å². The van der Waals surface area contributed by atoms with Crippen molar-refractivity contribution in [2.45, 2.75) is 79.1 Å². The van der Waals surface area contributed by atoms with Crippen LogP contribution >= 0.6 is 0 Å². The number of carbonyl (C=O) groups is 2. The standard InChI is InChI=1S/C23H34O2/c1-5-15-12-20-18-7-6-16-13-17(25)8-10-22(16,3)19(18)9-11-23(20,4)21(15)14(2)24/h13,15,18-21H,5-12H2,1-4H3/t15-,18-,19+,20+,21+,22+,23+/m1/s1. The van der Waals surface area contributed by atoms with Crippen molar-refractivity contribution in [2.75, 3.05) is 0 Å². The molecule has 25 heavy (non-hydrogen) atoms. The van der Waals surface area contributed by atoms with Crippen LogP contribution in [0.5, 0.6) is 0 Å². The fourth-order valence-corrected chi connectivity index (χ4v) is 7.94. The maximum atomic E-state index is 12.5. The van der Waals surface area contributed by atoms with Gasteiger partial charge in [-0.15, -0.1) is 0 Å². The third-order valence-electron chi connectivity index (χ3n) is 9.10. The molecule has 4 rings (SSSR count). The van der Waals surface area contributed by atoms with Crippen LogP contribution in [0.4, 0.5) is 0 Å². The average Bonchev–Trinajstić information content (AvgIpc) is 2.88. The van der Waals surface area contributed by atoms with E-state index in [4.69, 9.17) is 0 Å². The molecule has 0 aliphatic heterocycles. The van der Waals surface area contributed by atoms with Gasteiger partial charge in [-0.25, -0.2) is 0 Å². The SMILES string of the molecule is CC[C@@H]1C[C@H]2[C@@H]3CCC4=CC(=O)CC[C@]4(C)[C@H]3CC[C@]2(C)[C@H]1C(C)=O. The van der Waals surface area contributed by atoms with Crippen molar-refractivity contribution >= 4 is 11.6 Å². The Balaban J connectivity index is 1.69. The van der Waals surface area contributed by atoms with Gasteiger partial charge in [0.1, 0.15) is 5.78 Å². The van der Waals surface area contributed by atoms with Gasteiger partial charge in [-0.2, -0.15) is 0 Å². The number of fused-ring (bicyclic) bond motifs is 5. The van der Waals surface area contributed by atoms with E-state index in [2.05, 4.69) is 20.8 Å². The van der Waals surface area contributed by atoms with Gasteiger partial charge in [0.05, 0.1) is 0 Å². The normalized spacial score (nSPS) is 49.0. The van der Waals surface area contributed by atoms with Gasteiger partial charge in [0, 0.05) is 12.3 Å². The summed E-state index contributed by atoms with van der Waals surface area (Å²) in [5.41, 5.74) is 1.91. The second-order valence-electron chi connectivity index (χ2n) is 10.0. The van der Waals surface area contributed by atoms with Crippen molar-refractivity contribution in [3.63, 3.8) is 0 Å². The smallest absolute Gasteiger partial charge is 0.155 e. The highest BCUT2D eigenvalue weighted by atomic mass is 16.1. The number of hydrogen-bond donors (Lipinski definition) is 0. The zero-order chi connectivity index (χ0) is 18.0. The lowest BCUT2D eigenvalue weighted by molar-refractivity contribution is -0.130. The summed E-state index contributed by atoms with van der Waals surface area (Å²) in [5.74, 6) is 3.83. The highest BCUT2D eigenvalue weighted by Gasteiger charge is 2.61. The first kappa shape index (κ1) is 17.5. The van der Waals surface area contributed by atoms with Crippen molar-refractivity contribution < 1.29 is 9.59 Å². The lowest BCUT2D eigenvalue weighted by Crippen LogP contribution is -2.51. The minimum absolute atomic E-state index is 0.218. The van der Waals surface area contributed by atoms with E-state index in [1.165, 1.54) is 31.3 Å². The summed E-state index contributed by atoms with van der Waals surface area (Å²) >= 11 is 0. The molecule has 3 saturated carbocycles. The van der Waals surface area contributed by atoms with Gasteiger partial charge >= 0.3 is 0 Å². The fourth-order valence-electron chi connectivity index (χ4n) is 7.94. The average molecular weight is 343 g/mol. The molecule has 0 amide bonds. The van der Waals surface area contributed by atoms with E-state index < -0.39 is 0 Å². The third kappa shape index (κ3) is 2.35. The Hall–Kier alpha value is -0.920. The van der Waals surface area contributed by atoms with E-state index in [1.807, 2.05) is 13.0 Å². The monoisotopic (exact) mass is 342 g/mol. The number of hydrogen-bond acceptors (Lipinski definition) is 2. The van der Waals surface area contributed by atoms with Crippen LogP contribution in [0, 0.1) is 40.4 Å². The van der Waals surface area contributed by atoms with Crippen LogP contribution in [0.25, 0.3) is 0 Å². The van der Waals surface area contributed by atoms with Crippen molar-refractivity contribution in [2.24, 2.45) is 40.4 Å². The molecule has 0 aromatic carbocycles. The highest BCUT2D eigenvalue weighted by molar-refractivity contribution is 5.91. The van der Waals surface area contributed by atoms with Crippen molar-refractivity contribution in [3.05, 3.63) is 11.6 Å². The number of allylic oxidation sites excluding steroid dienone is 1. The zero-order valence-corrected chi connectivity index (χ0v) is 16.4. The van der Waals surface area contributed by atoms with Crippen LogP contribution in [-0.4, -0.2) is 11.6 Å². The molecule has 4 aliphatic rings. The molecule has 4 aliphatic carbocycles. The molecule has 0 aromatic rings. The van der Waals surface area contributed by atoms with Crippen LogP contribution in [0.15, 0.2) is 11.6 Å². The maximum Gasteiger partial charge on any atom is 0.155 e. The Morgan fingerprint density at radius 3 is 2.60 bits per heavy atom. The largest absolute Gasteiger partial charge is 0.300 e. The van der Waals surface area contributed by atoms with E-state index in [0.29, 0.717) is 23.4 Å². The summed E-state index contributed by atoms with van der Waals surface area (Å²) in [6, 6.07) is 0. The maximum absolute atomic E-state index is 12.5. The van der Waals surface area contributed by atoms with E-state index >= 15 is 0 Å². The first-order valence-corrected chi connectivity index (χ1v) is 10.6. The summed E-state index contributed by atoms with van der Waals surface area (Å²) in [6.45, 7) is 8.99. The molecule has 0 N–H and O–H groups in total. The predicted octanol–water partition coefficient (Wildman–Crippen LogP) is 5.36. The number of rotatable bonds is 2. The lowest BCUT2D eigenvalue weighted by Gasteiger charge is -2.58. The second-order valence-corrected chi connectivity index (χ2v) is 10.0. The van der Waals surface area contributed by atoms with Gasteiger partial charge in [0.25, 0.3) is 0 Å². The number of Topliss-reactive ketones (excluding diaryl/α,β-unsaturated/α-hetero) is 1. The number of carbonyl (C=O) groups excluding carboxylic acids is 2. The fraction of sp³-hybridized carbons (Fsp3) is 0.826. The van der Waals surface area contributed by atoms with Crippen molar-refractivity contribution in [1.82, 2.24) is 0 Å². The van der Waals surface area contributed by atoms with Gasteiger partial charge in [-0.3, -0.25) is 9.59 Å². The topological polar surface area (TPSA) is 34.1 Å². The Morgan fingerprint density at radius 1 is 1.16 bits per heavy atom. The molecular weight excluding hydrogens is 308 g/mol. The van der Waals surface area contributed by atoms with Gasteiger partial charge < -0.3 is 0 Å². The molecule has 138 valence electrons. The first-order chi connectivity index (χ1) is 11.8. The highest BCUT2D eigenvalue weighted by Crippen LogP contribution is 2.68. The van der Waals surface area contributed by atoms with E-state index in [-0.39, 0.29) is 16.7 Å². The summed E-state index contributed by atoms with van der Waals surface area (Å²) in [5, 5.41) is 0. The number of ketones is 2. The molecule has 7 atom stereocenters. The Labute approximate surface area is 152 Å². The van der Waals surface area contributed by atoms with Gasteiger partial charge in [0.2, 0.25) is 0 Å². The van der Waals surface area contributed by atoms with Gasteiger partial charge in [-0.1, -0.05) is 32.8 Å². The van der Waals surface area contributed by atoms with E-state index in [9.17, 15) is 9.59 Å². The summed E-state index contributed by atoms with van der Waals surface area (Å²) < 4.78 is 0. The molecule has 0 heterocycles. The summed E-state index contributed by atoms with van der Waals surface area (Å²) in [6.07, 6.45) is 11.0. The molecule has 2 heteroatoms. The van der Waals surface area contributed by atoms with Gasteiger partial charge in [-0.05, 0) is 86.0 Å². The Bertz CT molecular complexity index is 632. The van der Waals surface area contributed by atoms with Crippen LogP contribution in [0.2, 0.25) is 0 Å². The Kier molecular flexibility index (Phi) is 4.05. The lowest BCUT2D eigenvalue weighted by atomic mass is 9.46.